The maximum atomic E-state index is 4.66. The molecule has 0 spiro atoms. The van der Waals surface area contributed by atoms with Crippen LogP contribution in [0.1, 0.15) is 30.1 Å². The van der Waals surface area contributed by atoms with Crippen molar-refractivity contribution >= 4 is 17.6 Å². The summed E-state index contributed by atoms with van der Waals surface area (Å²) in [5.74, 6) is 2.33. The number of tetrazole rings is 1. The largest absolute Gasteiger partial charge is 0.373 e. The molecule has 1 aliphatic rings. The fourth-order valence-electron chi connectivity index (χ4n) is 1.77. The molecule has 2 heterocycles. The number of anilines is 1. The van der Waals surface area contributed by atoms with Crippen LogP contribution in [0.5, 0.6) is 0 Å². The highest BCUT2D eigenvalue weighted by Gasteiger charge is 2.28. The summed E-state index contributed by atoms with van der Waals surface area (Å²) in [4.78, 5) is 9.23. The number of aryl methyl sites for hydroxylation is 1. The second-order valence-electron chi connectivity index (χ2n) is 4.57. The topological polar surface area (TPSA) is 81.4 Å². The van der Waals surface area contributed by atoms with Crippen LogP contribution in [0.2, 0.25) is 0 Å². The van der Waals surface area contributed by atoms with Crippen molar-refractivity contribution < 1.29 is 0 Å². The first kappa shape index (κ1) is 12.3. The highest BCUT2D eigenvalue weighted by atomic mass is 32.2. The predicted molar refractivity (Wildman–Crippen MR) is 71.2 cm³/mol. The Morgan fingerprint density at radius 2 is 2.11 bits per heavy atom. The molecule has 7 nitrogen and oxygen atoms in total. The van der Waals surface area contributed by atoms with Crippen LogP contribution in [-0.4, -0.2) is 37.2 Å². The van der Waals surface area contributed by atoms with Crippen LogP contribution in [0.25, 0.3) is 0 Å². The molecule has 3 rings (SSSR count). The van der Waals surface area contributed by atoms with E-state index in [1.54, 1.807) is 4.68 Å². The van der Waals surface area contributed by atoms with E-state index in [2.05, 4.69) is 30.8 Å². The summed E-state index contributed by atoms with van der Waals surface area (Å²) in [5, 5.41) is 16.2. The maximum absolute atomic E-state index is 4.66. The third-order valence-electron chi connectivity index (χ3n) is 3.07. The van der Waals surface area contributed by atoms with Crippen LogP contribution in [0.15, 0.2) is 10.2 Å². The van der Waals surface area contributed by atoms with Crippen LogP contribution < -0.4 is 5.32 Å². The average molecular weight is 277 g/mol. The Balaban J connectivity index is 1.99. The van der Waals surface area contributed by atoms with Gasteiger partial charge in [-0.2, -0.15) is 0 Å². The van der Waals surface area contributed by atoms with Crippen LogP contribution in [0, 0.1) is 6.92 Å². The Kier molecular flexibility index (Phi) is 3.09. The van der Waals surface area contributed by atoms with E-state index in [-0.39, 0.29) is 0 Å². The van der Waals surface area contributed by atoms with Gasteiger partial charge in [-0.25, -0.2) is 14.6 Å². The van der Waals surface area contributed by atoms with Crippen molar-refractivity contribution in [2.45, 2.75) is 35.9 Å². The van der Waals surface area contributed by atoms with Gasteiger partial charge in [-0.05, 0) is 42.0 Å². The summed E-state index contributed by atoms with van der Waals surface area (Å²) in [5.41, 5.74) is 1.03. The Labute approximate surface area is 115 Å². The highest BCUT2D eigenvalue weighted by Crippen LogP contribution is 2.40. The van der Waals surface area contributed by atoms with Crippen molar-refractivity contribution in [2.24, 2.45) is 7.05 Å². The van der Waals surface area contributed by atoms with Crippen LogP contribution in [-0.2, 0) is 7.05 Å². The van der Waals surface area contributed by atoms with Crippen molar-refractivity contribution in [3.63, 3.8) is 0 Å². The molecular weight excluding hydrogens is 262 g/mol. The van der Waals surface area contributed by atoms with Gasteiger partial charge in [0.1, 0.15) is 16.7 Å². The molecule has 0 aliphatic heterocycles. The molecule has 0 aromatic carbocycles. The molecule has 0 saturated heterocycles. The molecule has 0 bridgehead atoms. The Hall–Kier alpha value is -1.70. The molecule has 100 valence electrons. The van der Waals surface area contributed by atoms with Crippen LogP contribution in [0.3, 0.4) is 0 Å². The van der Waals surface area contributed by atoms with E-state index < -0.39 is 0 Å². The summed E-state index contributed by atoms with van der Waals surface area (Å²) >= 11 is 1.47. The Morgan fingerprint density at radius 3 is 2.68 bits per heavy atom. The molecular formula is C11H15N7S. The third-order valence-corrected chi connectivity index (χ3v) is 4.19. The molecule has 0 atom stereocenters. The zero-order valence-corrected chi connectivity index (χ0v) is 11.9. The van der Waals surface area contributed by atoms with Gasteiger partial charge in [-0.3, -0.25) is 0 Å². The van der Waals surface area contributed by atoms with Gasteiger partial charge in [0, 0.05) is 25.6 Å². The highest BCUT2D eigenvalue weighted by molar-refractivity contribution is 7.99. The van der Waals surface area contributed by atoms with E-state index in [0.29, 0.717) is 5.92 Å². The summed E-state index contributed by atoms with van der Waals surface area (Å²) in [6, 6.07) is 0. The van der Waals surface area contributed by atoms with Crippen LogP contribution in [0.4, 0.5) is 5.82 Å². The quantitative estimate of drug-likeness (QED) is 0.845. The summed E-state index contributed by atoms with van der Waals surface area (Å²) < 4.78 is 1.64. The minimum absolute atomic E-state index is 0.518. The lowest BCUT2D eigenvalue weighted by Crippen LogP contribution is -2.04. The Morgan fingerprint density at radius 1 is 1.32 bits per heavy atom. The van der Waals surface area contributed by atoms with Crippen molar-refractivity contribution in [2.75, 3.05) is 12.4 Å². The second-order valence-corrected chi connectivity index (χ2v) is 5.53. The summed E-state index contributed by atoms with van der Waals surface area (Å²) in [7, 11) is 3.70. The van der Waals surface area contributed by atoms with E-state index in [9.17, 15) is 0 Å². The van der Waals surface area contributed by atoms with Crippen molar-refractivity contribution in [1.29, 1.82) is 0 Å². The first-order chi connectivity index (χ1) is 9.19. The average Bonchev–Trinajstić information content (AvgIpc) is 3.17. The van der Waals surface area contributed by atoms with Gasteiger partial charge in [-0.1, -0.05) is 0 Å². The van der Waals surface area contributed by atoms with Gasteiger partial charge >= 0.3 is 0 Å². The molecule has 1 N–H and O–H groups in total. The summed E-state index contributed by atoms with van der Waals surface area (Å²) in [6.45, 7) is 2.01. The lowest BCUT2D eigenvalue weighted by molar-refractivity contribution is 0.664. The number of aromatic nitrogens is 6. The van der Waals surface area contributed by atoms with Gasteiger partial charge < -0.3 is 5.32 Å². The lowest BCUT2D eigenvalue weighted by Gasteiger charge is -2.10. The lowest BCUT2D eigenvalue weighted by atomic mass is 10.3. The van der Waals surface area contributed by atoms with Gasteiger partial charge in [0.25, 0.3) is 0 Å². The van der Waals surface area contributed by atoms with E-state index in [1.807, 2.05) is 21.0 Å². The molecule has 2 aromatic heterocycles. The van der Waals surface area contributed by atoms with E-state index in [4.69, 9.17) is 0 Å². The molecule has 0 amide bonds. The molecule has 1 fully saturated rings. The monoisotopic (exact) mass is 277 g/mol. The smallest absolute Gasteiger partial charge is 0.215 e. The molecule has 8 heteroatoms. The van der Waals surface area contributed by atoms with Gasteiger partial charge in [0.2, 0.25) is 5.16 Å². The fourth-order valence-corrected chi connectivity index (χ4v) is 2.58. The molecule has 2 aromatic rings. The standard InChI is InChI=1S/C11H15N7S/c1-6-8(12-2)13-9(7-4-5-7)14-10(6)19-11-15-16-17-18(11)3/h7H,4-5H2,1-3H3,(H,12,13,14). The zero-order chi connectivity index (χ0) is 13.4. The van der Waals surface area contributed by atoms with E-state index in [1.165, 1.54) is 24.6 Å². The van der Waals surface area contributed by atoms with Crippen molar-refractivity contribution in [3.8, 4) is 0 Å². The number of nitrogens with zero attached hydrogens (tertiary/aromatic N) is 6. The van der Waals surface area contributed by atoms with Crippen LogP contribution >= 0.6 is 11.8 Å². The van der Waals surface area contributed by atoms with E-state index >= 15 is 0 Å². The molecule has 19 heavy (non-hydrogen) atoms. The number of rotatable bonds is 4. The maximum Gasteiger partial charge on any atom is 0.215 e. The first-order valence-electron chi connectivity index (χ1n) is 6.15. The molecule has 1 saturated carbocycles. The second kappa shape index (κ2) is 4.76. The van der Waals surface area contributed by atoms with Gasteiger partial charge in [-0.15, -0.1) is 5.10 Å². The minimum atomic E-state index is 0.518. The summed E-state index contributed by atoms with van der Waals surface area (Å²) in [6.07, 6.45) is 2.36. The third kappa shape index (κ3) is 2.40. The zero-order valence-electron chi connectivity index (χ0n) is 11.1. The number of nitrogens with one attached hydrogen (secondary N) is 1. The van der Waals surface area contributed by atoms with E-state index in [0.717, 1.165) is 27.4 Å². The fraction of sp³-hybridized carbons (Fsp3) is 0.545. The van der Waals surface area contributed by atoms with Gasteiger partial charge in [0.15, 0.2) is 0 Å². The predicted octanol–water partition coefficient (Wildman–Crippen LogP) is 1.38. The molecule has 0 radical (unpaired) electrons. The van der Waals surface area contributed by atoms with Crippen molar-refractivity contribution in [3.05, 3.63) is 11.4 Å². The first-order valence-corrected chi connectivity index (χ1v) is 6.97. The van der Waals surface area contributed by atoms with Crippen molar-refractivity contribution in [1.82, 2.24) is 30.2 Å². The Bertz CT molecular complexity index is 605. The molecule has 1 aliphatic carbocycles. The number of hydrogen-bond donors (Lipinski definition) is 1. The SMILES string of the molecule is CNc1nc(C2CC2)nc(Sc2nnnn2C)c1C. The molecule has 0 unspecified atom stereocenters. The minimum Gasteiger partial charge on any atom is -0.373 e. The number of hydrogen-bond acceptors (Lipinski definition) is 7. The normalized spacial score (nSPS) is 14.7. The van der Waals surface area contributed by atoms with Gasteiger partial charge in [0.05, 0.1) is 0 Å².